The molecule has 0 saturated carbocycles. The second kappa shape index (κ2) is 4.84. The lowest BCUT2D eigenvalue weighted by atomic mass is 9.99. The molecule has 1 aromatic rings. The maximum atomic E-state index is 13.8. The van der Waals surface area contributed by atoms with Crippen LogP contribution in [-0.4, -0.2) is 23.7 Å². The van der Waals surface area contributed by atoms with E-state index in [4.69, 9.17) is 0 Å². The van der Waals surface area contributed by atoms with Crippen molar-refractivity contribution in [3.8, 4) is 0 Å². The van der Waals surface area contributed by atoms with Crippen molar-refractivity contribution < 1.29 is 4.39 Å². The van der Waals surface area contributed by atoms with Gasteiger partial charge in [-0.15, -0.1) is 11.3 Å². The minimum atomic E-state index is -0.776. The minimum absolute atomic E-state index is 0.0488. The average Bonchev–Trinajstić information content (AvgIpc) is 2.72. The normalized spacial score (nSPS) is 24.8. The highest BCUT2D eigenvalue weighted by Gasteiger charge is 2.23. The smallest absolute Gasteiger partial charge is 0.122 e. The molecule has 2 heterocycles. The van der Waals surface area contributed by atoms with Gasteiger partial charge in [-0.1, -0.05) is 6.42 Å². The number of hydrogen-bond donors (Lipinski definition) is 1. The summed E-state index contributed by atoms with van der Waals surface area (Å²) in [4.78, 5) is 4.10. The van der Waals surface area contributed by atoms with E-state index in [1.54, 1.807) is 6.20 Å². The van der Waals surface area contributed by atoms with E-state index < -0.39 is 6.17 Å². The molecule has 1 fully saturated rings. The third-order valence-corrected chi connectivity index (χ3v) is 3.44. The molecule has 14 heavy (non-hydrogen) atoms. The van der Waals surface area contributed by atoms with Crippen molar-refractivity contribution in [3.63, 3.8) is 0 Å². The molecule has 1 aliphatic rings. The lowest BCUT2D eigenvalue weighted by Gasteiger charge is -2.26. The zero-order chi connectivity index (χ0) is 9.80. The van der Waals surface area contributed by atoms with Crippen LogP contribution in [0.1, 0.15) is 24.3 Å². The van der Waals surface area contributed by atoms with Gasteiger partial charge in [-0.2, -0.15) is 0 Å². The highest BCUT2D eigenvalue weighted by Crippen LogP contribution is 2.17. The van der Waals surface area contributed by atoms with Gasteiger partial charge in [-0.05, 0) is 19.4 Å². The van der Waals surface area contributed by atoms with E-state index in [-0.39, 0.29) is 6.04 Å². The molecule has 2 nitrogen and oxygen atoms in total. The van der Waals surface area contributed by atoms with Crippen molar-refractivity contribution in [2.24, 2.45) is 0 Å². The molecule has 2 atom stereocenters. The van der Waals surface area contributed by atoms with Crippen LogP contribution in [0.4, 0.5) is 4.39 Å². The number of nitrogens with zero attached hydrogens (tertiary/aromatic N) is 1. The fourth-order valence-electron chi connectivity index (χ4n) is 1.85. The Morgan fingerprint density at radius 3 is 3.21 bits per heavy atom. The summed E-state index contributed by atoms with van der Waals surface area (Å²) >= 11 is 1.54. The Morgan fingerprint density at radius 1 is 1.64 bits per heavy atom. The van der Waals surface area contributed by atoms with Crippen LogP contribution in [0.25, 0.3) is 0 Å². The number of alkyl halides is 1. The number of hydrogen-bond acceptors (Lipinski definition) is 3. The molecule has 2 rings (SSSR count). The molecular formula is C10H15FN2S. The van der Waals surface area contributed by atoms with Crippen LogP contribution in [-0.2, 0) is 6.42 Å². The molecule has 1 N–H and O–H groups in total. The van der Waals surface area contributed by atoms with E-state index in [0.29, 0.717) is 6.42 Å². The Hall–Kier alpha value is -0.480. The van der Waals surface area contributed by atoms with Gasteiger partial charge in [0.05, 0.1) is 5.01 Å². The highest BCUT2D eigenvalue weighted by molar-refractivity contribution is 7.09. The molecule has 0 spiro atoms. The zero-order valence-corrected chi connectivity index (χ0v) is 8.89. The van der Waals surface area contributed by atoms with E-state index >= 15 is 0 Å². The van der Waals surface area contributed by atoms with Crippen molar-refractivity contribution in [1.29, 1.82) is 0 Å². The molecule has 0 bridgehead atoms. The van der Waals surface area contributed by atoms with Crippen molar-refractivity contribution in [1.82, 2.24) is 10.3 Å². The summed E-state index contributed by atoms with van der Waals surface area (Å²) in [7, 11) is 0. The van der Waals surface area contributed by atoms with Gasteiger partial charge in [0.15, 0.2) is 0 Å². The predicted octanol–water partition coefficient (Wildman–Crippen LogP) is 2.17. The Morgan fingerprint density at radius 2 is 2.57 bits per heavy atom. The monoisotopic (exact) mass is 214 g/mol. The second-order valence-corrected chi connectivity index (χ2v) is 4.68. The van der Waals surface area contributed by atoms with Crippen LogP contribution in [0.5, 0.6) is 0 Å². The molecule has 2 unspecified atom stereocenters. The van der Waals surface area contributed by atoms with Gasteiger partial charge < -0.3 is 5.32 Å². The van der Waals surface area contributed by atoms with Crippen LogP contribution < -0.4 is 5.32 Å². The second-order valence-electron chi connectivity index (χ2n) is 3.70. The molecule has 0 amide bonds. The fraction of sp³-hybridized carbons (Fsp3) is 0.700. The summed E-state index contributed by atoms with van der Waals surface area (Å²) in [5.41, 5.74) is 0. The first kappa shape index (κ1) is 10.1. The summed E-state index contributed by atoms with van der Waals surface area (Å²) in [5.74, 6) is 0. The predicted molar refractivity (Wildman–Crippen MR) is 56.4 cm³/mol. The van der Waals surface area contributed by atoms with E-state index in [1.165, 1.54) is 17.8 Å². The Bertz CT molecular complexity index is 257. The molecular weight excluding hydrogens is 199 g/mol. The summed E-state index contributed by atoms with van der Waals surface area (Å²) in [6, 6.07) is 0.0488. The van der Waals surface area contributed by atoms with Gasteiger partial charge in [0.2, 0.25) is 0 Å². The molecule has 0 radical (unpaired) electrons. The molecule has 0 aliphatic carbocycles. The standard InChI is InChI=1S/C10H15FN2S/c11-8(7-10-13-5-6-14-10)9-3-1-2-4-12-9/h5-6,8-9,12H,1-4,7H2. The van der Waals surface area contributed by atoms with Gasteiger partial charge >= 0.3 is 0 Å². The molecule has 1 saturated heterocycles. The molecule has 4 heteroatoms. The minimum Gasteiger partial charge on any atom is -0.311 e. The summed E-state index contributed by atoms with van der Waals surface area (Å²) in [6.07, 6.45) is 4.72. The van der Waals surface area contributed by atoms with E-state index in [1.807, 2.05) is 5.38 Å². The number of halogens is 1. The van der Waals surface area contributed by atoms with Crippen LogP contribution in [0.2, 0.25) is 0 Å². The van der Waals surface area contributed by atoms with E-state index in [0.717, 1.165) is 24.4 Å². The quantitative estimate of drug-likeness (QED) is 0.834. The number of nitrogens with one attached hydrogen (secondary N) is 1. The number of piperidine rings is 1. The summed E-state index contributed by atoms with van der Waals surface area (Å²) < 4.78 is 13.8. The average molecular weight is 214 g/mol. The van der Waals surface area contributed by atoms with Gasteiger partial charge in [-0.25, -0.2) is 9.37 Å². The van der Waals surface area contributed by atoms with E-state index in [9.17, 15) is 4.39 Å². The zero-order valence-electron chi connectivity index (χ0n) is 8.08. The third-order valence-electron chi connectivity index (χ3n) is 2.64. The van der Waals surface area contributed by atoms with Crippen LogP contribution in [0, 0.1) is 0 Å². The van der Waals surface area contributed by atoms with Crippen molar-refractivity contribution in [2.75, 3.05) is 6.54 Å². The Kier molecular flexibility index (Phi) is 3.48. The lowest BCUT2D eigenvalue weighted by molar-refractivity contribution is 0.217. The fourth-order valence-corrected chi connectivity index (χ4v) is 2.51. The summed E-state index contributed by atoms with van der Waals surface area (Å²) in [5, 5.41) is 6.04. The van der Waals surface area contributed by atoms with E-state index in [2.05, 4.69) is 10.3 Å². The Labute approximate surface area is 87.6 Å². The third kappa shape index (κ3) is 2.51. The largest absolute Gasteiger partial charge is 0.311 e. The van der Waals surface area contributed by atoms with Crippen LogP contribution >= 0.6 is 11.3 Å². The van der Waals surface area contributed by atoms with Gasteiger partial charge in [0, 0.05) is 24.0 Å². The van der Waals surface area contributed by atoms with Gasteiger partial charge in [0.25, 0.3) is 0 Å². The molecule has 78 valence electrons. The van der Waals surface area contributed by atoms with Crippen molar-refractivity contribution in [2.45, 2.75) is 37.9 Å². The van der Waals surface area contributed by atoms with Crippen molar-refractivity contribution in [3.05, 3.63) is 16.6 Å². The first-order valence-corrected chi connectivity index (χ1v) is 6.00. The lowest BCUT2D eigenvalue weighted by Crippen LogP contribution is -2.42. The topological polar surface area (TPSA) is 24.9 Å². The van der Waals surface area contributed by atoms with Crippen LogP contribution in [0.15, 0.2) is 11.6 Å². The van der Waals surface area contributed by atoms with Gasteiger partial charge in [-0.3, -0.25) is 0 Å². The van der Waals surface area contributed by atoms with Gasteiger partial charge in [0.1, 0.15) is 6.17 Å². The maximum Gasteiger partial charge on any atom is 0.122 e. The highest BCUT2D eigenvalue weighted by atomic mass is 32.1. The Balaban J connectivity index is 1.85. The summed E-state index contributed by atoms with van der Waals surface area (Å²) in [6.45, 7) is 0.961. The number of rotatable bonds is 3. The van der Waals surface area contributed by atoms with Crippen LogP contribution in [0.3, 0.4) is 0 Å². The molecule has 1 aliphatic heterocycles. The molecule has 0 aromatic carbocycles. The van der Waals surface area contributed by atoms with Crippen molar-refractivity contribution >= 4 is 11.3 Å². The number of aromatic nitrogens is 1. The number of thiazole rings is 1. The molecule has 1 aromatic heterocycles. The first-order chi connectivity index (χ1) is 6.86. The SMILES string of the molecule is FC(Cc1nccs1)C1CCCCN1. The first-order valence-electron chi connectivity index (χ1n) is 5.12. The maximum absolute atomic E-state index is 13.8.